The first-order valence-electron chi connectivity index (χ1n) is 5.62. The maximum absolute atomic E-state index is 12.7. The molecule has 0 N–H and O–H groups in total. The minimum atomic E-state index is -4.98. The number of halogens is 4. The van der Waals surface area contributed by atoms with Crippen molar-refractivity contribution in [3.63, 3.8) is 0 Å². The van der Waals surface area contributed by atoms with E-state index >= 15 is 0 Å². The SMILES string of the molecule is Fc1ccc(COc2ccc([B-](F)(F)F)cc2)cc1.[K+]. The van der Waals surface area contributed by atoms with Crippen LogP contribution >= 0.6 is 0 Å². The molecule has 0 aliphatic rings. The van der Waals surface area contributed by atoms with Gasteiger partial charge in [-0.15, -0.1) is 5.46 Å². The number of hydrogen-bond donors (Lipinski definition) is 0. The summed E-state index contributed by atoms with van der Waals surface area (Å²) in [6, 6.07) is 10.2. The fourth-order valence-electron chi connectivity index (χ4n) is 1.53. The van der Waals surface area contributed by atoms with E-state index in [1.54, 1.807) is 12.1 Å². The van der Waals surface area contributed by atoms with Crippen LogP contribution in [0.15, 0.2) is 48.5 Å². The molecule has 0 fully saturated rings. The predicted molar refractivity (Wildman–Crippen MR) is 65.9 cm³/mol. The molecule has 0 aliphatic heterocycles. The van der Waals surface area contributed by atoms with Gasteiger partial charge in [-0.3, -0.25) is 0 Å². The fourth-order valence-corrected chi connectivity index (χ4v) is 1.53. The van der Waals surface area contributed by atoms with Crippen molar-refractivity contribution in [2.75, 3.05) is 0 Å². The maximum atomic E-state index is 12.7. The predicted octanol–water partition coefficient (Wildman–Crippen LogP) is 0.463. The zero-order valence-corrected chi connectivity index (χ0v) is 13.9. The average Bonchev–Trinajstić information content (AvgIpc) is 2.37. The summed E-state index contributed by atoms with van der Waals surface area (Å²) in [4.78, 5) is 0. The van der Waals surface area contributed by atoms with Crippen LogP contribution < -0.4 is 61.6 Å². The topological polar surface area (TPSA) is 9.23 Å². The smallest absolute Gasteiger partial charge is 0.489 e. The molecule has 0 spiro atoms. The molecule has 1 nitrogen and oxygen atoms in total. The van der Waals surface area contributed by atoms with Crippen LogP contribution in [0.1, 0.15) is 5.56 Å². The molecule has 20 heavy (non-hydrogen) atoms. The van der Waals surface area contributed by atoms with Gasteiger partial charge in [0, 0.05) is 0 Å². The Labute approximate surface area is 156 Å². The van der Waals surface area contributed by atoms with Crippen LogP contribution in [-0.4, -0.2) is 6.98 Å². The summed E-state index contributed by atoms with van der Waals surface area (Å²) in [6.07, 6.45) is 0. The largest absolute Gasteiger partial charge is 1.00 e. The molecule has 0 aliphatic carbocycles. The van der Waals surface area contributed by atoms with Gasteiger partial charge < -0.3 is 17.7 Å². The minimum absolute atomic E-state index is 0. The van der Waals surface area contributed by atoms with Crippen LogP contribution in [0.4, 0.5) is 17.3 Å². The molecule has 0 aromatic heterocycles. The Morgan fingerprint density at radius 3 is 1.90 bits per heavy atom. The summed E-state index contributed by atoms with van der Waals surface area (Å²) in [7, 11) is 0. The van der Waals surface area contributed by atoms with Gasteiger partial charge in [0.1, 0.15) is 18.2 Å². The van der Waals surface area contributed by atoms with E-state index in [-0.39, 0.29) is 63.8 Å². The van der Waals surface area contributed by atoms with Gasteiger partial charge in [-0.2, -0.15) is 0 Å². The van der Waals surface area contributed by atoms with Crippen LogP contribution in [0, 0.1) is 5.82 Å². The first-order chi connectivity index (χ1) is 8.95. The zero-order chi connectivity index (χ0) is 13.9. The van der Waals surface area contributed by atoms with Crippen LogP contribution in [0.3, 0.4) is 0 Å². The van der Waals surface area contributed by atoms with Gasteiger partial charge in [0.2, 0.25) is 0 Å². The Hall–Kier alpha value is -0.339. The quantitative estimate of drug-likeness (QED) is 0.589. The van der Waals surface area contributed by atoms with Gasteiger partial charge in [0.05, 0.1) is 0 Å². The molecular weight excluding hydrogens is 298 g/mol. The van der Waals surface area contributed by atoms with Gasteiger partial charge in [0.15, 0.2) is 0 Å². The van der Waals surface area contributed by atoms with E-state index in [9.17, 15) is 17.3 Å². The van der Waals surface area contributed by atoms with Gasteiger partial charge >= 0.3 is 58.4 Å². The van der Waals surface area contributed by atoms with Crippen molar-refractivity contribution in [1.29, 1.82) is 0 Å². The molecule has 0 amide bonds. The first-order valence-corrected chi connectivity index (χ1v) is 5.62. The van der Waals surface area contributed by atoms with Crippen molar-refractivity contribution in [2.45, 2.75) is 6.61 Å². The Kier molecular flexibility index (Phi) is 6.74. The van der Waals surface area contributed by atoms with E-state index < -0.39 is 12.4 Å². The molecule has 0 radical (unpaired) electrons. The van der Waals surface area contributed by atoms with E-state index in [2.05, 4.69) is 0 Å². The molecule has 0 saturated heterocycles. The number of ether oxygens (including phenoxy) is 1. The van der Waals surface area contributed by atoms with E-state index in [0.717, 1.165) is 17.7 Å². The Morgan fingerprint density at radius 1 is 0.850 bits per heavy atom. The van der Waals surface area contributed by atoms with Gasteiger partial charge in [-0.1, -0.05) is 24.3 Å². The second kappa shape index (κ2) is 7.61. The Balaban J connectivity index is 0.00000200. The second-order valence-electron chi connectivity index (χ2n) is 4.06. The number of benzene rings is 2. The molecule has 7 heteroatoms. The van der Waals surface area contributed by atoms with Crippen LogP contribution in [0.25, 0.3) is 0 Å². The summed E-state index contributed by atoms with van der Waals surface area (Å²) < 4.78 is 55.2. The standard InChI is InChI=1S/C13H10BF4O.K/c15-12-5-1-10(2-6-12)9-19-13-7-3-11(4-8-13)14(16,17)18;/h1-8H,9H2;/q-1;+1. The molecule has 0 bridgehead atoms. The Morgan fingerprint density at radius 2 is 1.40 bits per heavy atom. The van der Waals surface area contributed by atoms with Crippen molar-refractivity contribution >= 4 is 12.4 Å². The van der Waals surface area contributed by atoms with Crippen molar-refractivity contribution in [2.24, 2.45) is 0 Å². The fraction of sp³-hybridized carbons (Fsp3) is 0.0769. The number of rotatable bonds is 4. The molecule has 100 valence electrons. The average molecular weight is 308 g/mol. The third kappa shape index (κ3) is 5.22. The van der Waals surface area contributed by atoms with Gasteiger partial charge in [-0.05, 0) is 29.8 Å². The van der Waals surface area contributed by atoms with Crippen LogP contribution in [-0.2, 0) is 6.61 Å². The molecule has 2 rings (SSSR count). The van der Waals surface area contributed by atoms with Gasteiger partial charge in [-0.25, -0.2) is 4.39 Å². The molecule has 2 aromatic carbocycles. The minimum Gasteiger partial charge on any atom is -0.489 e. The Bertz CT molecular complexity index is 540. The summed E-state index contributed by atoms with van der Waals surface area (Å²) in [5.41, 5.74) is 0.0830. The molecule has 0 atom stereocenters. The summed E-state index contributed by atoms with van der Waals surface area (Å²) in [5.74, 6) is -0.00589. The van der Waals surface area contributed by atoms with Crippen molar-refractivity contribution < 1.29 is 73.5 Å². The van der Waals surface area contributed by atoms with E-state index in [0.29, 0.717) is 5.75 Å². The monoisotopic (exact) mass is 308 g/mol. The summed E-state index contributed by atoms with van der Waals surface area (Å²) in [5, 5.41) is 0. The van der Waals surface area contributed by atoms with Crippen molar-refractivity contribution in [3.05, 3.63) is 59.9 Å². The van der Waals surface area contributed by atoms with Crippen molar-refractivity contribution in [1.82, 2.24) is 0 Å². The summed E-state index contributed by atoms with van der Waals surface area (Å²) >= 11 is 0. The first kappa shape index (κ1) is 17.7. The molecule has 0 unspecified atom stereocenters. The summed E-state index contributed by atoms with van der Waals surface area (Å²) in [6.45, 7) is -4.80. The number of hydrogen-bond acceptors (Lipinski definition) is 1. The van der Waals surface area contributed by atoms with Gasteiger partial charge in [0.25, 0.3) is 0 Å². The molecule has 0 heterocycles. The van der Waals surface area contributed by atoms with E-state index in [4.69, 9.17) is 4.74 Å². The molecule has 0 saturated carbocycles. The molecular formula is C13H10BF4KO. The van der Waals surface area contributed by atoms with Crippen LogP contribution in [0.5, 0.6) is 5.75 Å². The van der Waals surface area contributed by atoms with E-state index in [1.165, 1.54) is 24.3 Å². The normalized spacial score (nSPS) is 10.8. The van der Waals surface area contributed by atoms with E-state index in [1.807, 2.05) is 0 Å². The molecule has 2 aromatic rings. The zero-order valence-electron chi connectivity index (χ0n) is 10.8. The van der Waals surface area contributed by atoms with Crippen molar-refractivity contribution in [3.8, 4) is 5.75 Å². The third-order valence-electron chi connectivity index (χ3n) is 2.58. The second-order valence-corrected chi connectivity index (χ2v) is 4.06. The third-order valence-corrected chi connectivity index (χ3v) is 2.58. The maximum Gasteiger partial charge on any atom is 1.00 e. The van der Waals surface area contributed by atoms with Crippen LogP contribution in [0.2, 0.25) is 0 Å².